The van der Waals surface area contributed by atoms with E-state index in [2.05, 4.69) is 37.9 Å². The molecular weight excluding hydrogens is 396 g/mol. The quantitative estimate of drug-likeness (QED) is 0.657. The van der Waals surface area contributed by atoms with Crippen molar-refractivity contribution < 1.29 is 9.90 Å². The first-order chi connectivity index (χ1) is 15.2. The van der Waals surface area contributed by atoms with Gasteiger partial charge >= 0.3 is 0 Å². The number of tetrazole rings is 1. The number of hydrogen-bond acceptors (Lipinski definition) is 3. The van der Waals surface area contributed by atoms with Crippen molar-refractivity contribution in [3.05, 3.63) is 6.33 Å². The van der Waals surface area contributed by atoms with Crippen molar-refractivity contribution >= 4 is 0 Å². The number of aryl methyl sites for hydroxylation is 1. The molecule has 0 aliphatic heterocycles. The summed E-state index contributed by atoms with van der Waals surface area (Å²) in [5, 5.41) is 19.9. The number of fused-ring (bicyclic) bond motifs is 5. The van der Waals surface area contributed by atoms with Crippen LogP contribution in [0.1, 0.15) is 98.3 Å². The van der Waals surface area contributed by atoms with Crippen molar-refractivity contribution in [2.45, 2.75) is 110 Å². The van der Waals surface area contributed by atoms with E-state index in [1.54, 1.807) is 6.33 Å². The summed E-state index contributed by atoms with van der Waals surface area (Å²) in [5.74, 6) is 4.86. The molecule has 0 radical (unpaired) electrons. The Morgan fingerprint density at radius 3 is 2.56 bits per heavy atom. The summed E-state index contributed by atoms with van der Waals surface area (Å²) in [6, 6.07) is 0. The molecule has 5 heteroatoms. The van der Waals surface area contributed by atoms with Gasteiger partial charge in [-0.25, -0.2) is 0 Å². The van der Waals surface area contributed by atoms with E-state index in [-0.39, 0.29) is 5.60 Å². The molecule has 1 aromatic rings. The van der Waals surface area contributed by atoms with Gasteiger partial charge < -0.3 is 5.11 Å². The Kier molecular flexibility index (Phi) is 5.74. The highest BCUT2D eigenvalue weighted by Gasteiger charge is 2.61. The maximum Gasteiger partial charge on any atom is 0.296 e. The van der Waals surface area contributed by atoms with Gasteiger partial charge in [0.25, 0.3) is 6.33 Å². The van der Waals surface area contributed by atoms with E-state index in [9.17, 15) is 5.11 Å². The van der Waals surface area contributed by atoms with E-state index in [0.717, 1.165) is 61.8 Å². The zero-order valence-corrected chi connectivity index (χ0v) is 21.3. The van der Waals surface area contributed by atoms with Gasteiger partial charge in [0.15, 0.2) is 0 Å². The van der Waals surface area contributed by atoms with Gasteiger partial charge in [0.2, 0.25) is 0 Å². The van der Waals surface area contributed by atoms with Crippen LogP contribution in [0.25, 0.3) is 0 Å². The van der Waals surface area contributed by atoms with Crippen molar-refractivity contribution in [2.75, 3.05) is 0 Å². The molecule has 0 unspecified atom stereocenters. The van der Waals surface area contributed by atoms with E-state index in [1.165, 1.54) is 44.9 Å². The van der Waals surface area contributed by atoms with Crippen LogP contribution in [-0.2, 0) is 13.6 Å². The highest BCUT2D eigenvalue weighted by atomic mass is 16.3. The van der Waals surface area contributed by atoms with Crippen LogP contribution in [0.4, 0.5) is 0 Å². The molecule has 4 fully saturated rings. The third-order valence-electron chi connectivity index (χ3n) is 11.5. The molecule has 5 nitrogen and oxygen atoms in total. The van der Waals surface area contributed by atoms with Gasteiger partial charge in [-0.3, -0.25) is 0 Å². The predicted molar refractivity (Wildman–Crippen MR) is 125 cm³/mol. The molecule has 0 spiro atoms. The second-order valence-corrected chi connectivity index (χ2v) is 12.9. The van der Waals surface area contributed by atoms with Gasteiger partial charge in [0.1, 0.15) is 13.6 Å². The molecule has 32 heavy (non-hydrogen) atoms. The minimum absolute atomic E-state index is 0.375. The zero-order valence-electron chi connectivity index (χ0n) is 21.3. The van der Waals surface area contributed by atoms with Crippen molar-refractivity contribution in [3.63, 3.8) is 0 Å². The summed E-state index contributed by atoms with van der Waals surface area (Å²) in [7, 11) is 2.00. The molecule has 4 saturated carbocycles. The molecule has 0 amide bonds. The Labute approximate surface area is 195 Å². The minimum atomic E-state index is -0.375. The Morgan fingerprint density at radius 2 is 1.84 bits per heavy atom. The smallest absolute Gasteiger partial charge is 0.296 e. The van der Waals surface area contributed by atoms with Crippen molar-refractivity contribution in [1.29, 1.82) is 0 Å². The molecule has 1 heterocycles. The van der Waals surface area contributed by atoms with Crippen LogP contribution in [0.3, 0.4) is 0 Å². The number of rotatable bonds is 5. The van der Waals surface area contributed by atoms with Crippen LogP contribution in [0, 0.1) is 46.3 Å². The molecule has 1 aromatic heterocycles. The Balaban J connectivity index is 1.32. The molecule has 5 rings (SSSR count). The normalized spacial score (nSPS) is 46.9. The summed E-state index contributed by atoms with van der Waals surface area (Å²) in [6.45, 7) is 10.9. The van der Waals surface area contributed by atoms with E-state index in [0.29, 0.717) is 16.7 Å². The summed E-state index contributed by atoms with van der Waals surface area (Å²) in [5.41, 5.74) is 0.573. The predicted octanol–water partition coefficient (Wildman–Crippen LogP) is 4.93. The molecule has 9 atom stereocenters. The molecule has 180 valence electrons. The van der Waals surface area contributed by atoms with E-state index < -0.39 is 0 Å². The largest absolute Gasteiger partial charge is 0.390 e. The third-order valence-corrected chi connectivity index (χ3v) is 11.5. The van der Waals surface area contributed by atoms with Crippen molar-refractivity contribution in [2.24, 2.45) is 53.4 Å². The molecule has 0 aromatic carbocycles. The average molecular weight is 444 g/mol. The third kappa shape index (κ3) is 3.47. The van der Waals surface area contributed by atoms with Gasteiger partial charge in [-0.05, 0) is 120 Å². The lowest BCUT2D eigenvalue weighted by atomic mass is 9.43. The second kappa shape index (κ2) is 8.06. The lowest BCUT2D eigenvalue weighted by Gasteiger charge is -2.62. The van der Waals surface area contributed by atoms with E-state index >= 15 is 0 Å². The minimum Gasteiger partial charge on any atom is -0.390 e. The number of nitrogens with zero attached hydrogens (tertiary/aromatic N) is 4. The molecule has 0 bridgehead atoms. The summed E-state index contributed by atoms with van der Waals surface area (Å²) in [6.07, 6.45) is 15.5. The molecule has 4 aliphatic rings. The van der Waals surface area contributed by atoms with Gasteiger partial charge in [0, 0.05) is 0 Å². The maximum absolute atomic E-state index is 11.2. The Hall–Kier alpha value is -0.970. The van der Waals surface area contributed by atoms with Gasteiger partial charge in [-0.15, -0.1) is 0 Å². The highest BCUT2D eigenvalue weighted by molar-refractivity contribution is 5.10. The second-order valence-electron chi connectivity index (χ2n) is 12.9. The van der Waals surface area contributed by atoms with Crippen LogP contribution >= 0.6 is 0 Å². The number of aliphatic hydroxyl groups is 1. The number of hydrogen-bond donors (Lipinski definition) is 1. The van der Waals surface area contributed by atoms with Crippen LogP contribution in [-0.4, -0.2) is 25.7 Å². The lowest BCUT2D eigenvalue weighted by Crippen LogP contribution is -2.56. The van der Waals surface area contributed by atoms with Crippen LogP contribution in [0.2, 0.25) is 0 Å². The van der Waals surface area contributed by atoms with Gasteiger partial charge in [-0.1, -0.05) is 38.9 Å². The lowest BCUT2D eigenvalue weighted by molar-refractivity contribution is -0.809. The topological polar surface area (TPSA) is 54.8 Å². The molecule has 0 saturated heterocycles. The summed E-state index contributed by atoms with van der Waals surface area (Å²) >= 11 is 0. The van der Waals surface area contributed by atoms with Gasteiger partial charge in [-0.2, -0.15) is 0 Å². The number of aromatic nitrogens is 4. The van der Waals surface area contributed by atoms with Crippen LogP contribution in [0.15, 0.2) is 6.33 Å². The standard InChI is InChI=1S/C27H47N4O/c1-6-12-27(32)15-14-25(3)20(16-27)7-8-21-23-10-9-22(26(23,4)13-11-24(21)25)19(2)17-31-29-18-28-30(31)5/h18-24,32H,6-17H2,1-5H3/q+1/t19-,20-,21+,22-,23+,24+,25+,26-,27-/m1/s1. The molecule has 4 aliphatic carbocycles. The van der Waals surface area contributed by atoms with E-state index in [4.69, 9.17) is 0 Å². The SMILES string of the molecule is CCC[C@@]1(O)CC[C@@]2(C)[C@H](CC[C@@H]3[C@@H]2CC[C@]2(C)[C@@H]([C@H](C)Cn4ncn[n+]4C)CC[C@@H]32)C1. The first kappa shape index (κ1) is 22.8. The monoisotopic (exact) mass is 443 g/mol. The summed E-state index contributed by atoms with van der Waals surface area (Å²) < 4.78 is 0. The first-order valence-corrected chi connectivity index (χ1v) is 13.7. The fourth-order valence-corrected chi connectivity index (χ4v) is 9.83. The fraction of sp³-hybridized carbons (Fsp3) is 0.963. The molecular formula is C27H47N4O+. The molecule has 1 N–H and O–H groups in total. The van der Waals surface area contributed by atoms with Gasteiger partial charge in [0.05, 0.1) is 10.7 Å². The summed E-state index contributed by atoms with van der Waals surface area (Å²) in [4.78, 5) is 3.92. The maximum atomic E-state index is 11.2. The Morgan fingerprint density at radius 1 is 1.06 bits per heavy atom. The fourth-order valence-electron chi connectivity index (χ4n) is 9.83. The zero-order chi connectivity index (χ0) is 22.7. The van der Waals surface area contributed by atoms with Crippen LogP contribution in [0.5, 0.6) is 0 Å². The first-order valence-electron chi connectivity index (χ1n) is 13.7. The average Bonchev–Trinajstić information content (AvgIpc) is 3.31. The van der Waals surface area contributed by atoms with E-state index in [1.807, 2.05) is 16.6 Å². The van der Waals surface area contributed by atoms with Crippen molar-refractivity contribution in [3.8, 4) is 0 Å². The van der Waals surface area contributed by atoms with Crippen LogP contribution < -0.4 is 4.80 Å². The highest BCUT2D eigenvalue weighted by Crippen LogP contribution is 2.68. The van der Waals surface area contributed by atoms with Crippen molar-refractivity contribution in [1.82, 2.24) is 15.0 Å². The Bertz CT molecular complexity index is 824.